The minimum absolute atomic E-state index is 0.209. The van der Waals surface area contributed by atoms with Gasteiger partial charge in [0.15, 0.2) is 0 Å². The van der Waals surface area contributed by atoms with Gasteiger partial charge in [-0.05, 0) is 24.1 Å². The van der Waals surface area contributed by atoms with Crippen LogP contribution in [0.2, 0.25) is 0 Å². The van der Waals surface area contributed by atoms with Crippen LogP contribution in [0.1, 0.15) is 23.1 Å². The largest absolute Gasteiger partial charge is 0.423 e. The standard InChI is InChI=1S/C24H16F3N3O2S/c1-2-14-3-5-15(6-4-14)20-13-33-23(30-20)16(11-28)12-29-17-7-8-18-19(24(25,26)27)10-22(31)32-21(18)9-17/h3-10,12-13,29H,2H2,1H3. The molecular weight excluding hydrogens is 451 g/mol. The minimum atomic E-state index is -4.68. The Morgan fingerprint density at radius 1 is 1.21 bits per heavy atom. The van der Waals surface area contributed by atoms with Gasteiger partial charge >= 0.3 is 11.8 Å². The fourth-order valence-corrected chi connectivity index (χ4v) is 4.02. The molecule has 0 saturated carbocycles. The molecule has 0 aliphatic rings. The van der Waals surface area contributed by atoms with Crippen molar-refractivity contribution in [2.45, 2.75) is 19.5 Å². The third kappa shape index (κ3) is 4.81. The smallest absolute Gasteiger partial charge is 0.417 e. The number of nitriles is 1. The van der Waals surface area contributed by atoms with E-state index >= 15 is 0 Å². The predicted octanol–water partition coefficient (Wildman–Crippen LogP) is 6.47. The van der Waals surface area contributed by atoms with Gasteiger partial charge in [-0.2, -0.15) is 18.4 Å². The first-order valence-electron chi connectivity index (χ1n) is 9.85. The fourth-order valence-electron chi connectivity index (χ4n) is 3.23. The Morgan fingerprint density at radius 2 is 1.97 bits per heavy atom. The van der Waals surface area contributed by atoms with Crippen molar-refractivity contribution in [3.63, 3.8) is 0 Å². The van der Waals surface area contributed by atoms with Gasteiger partial charge in [-0.15, -0.1) is 11.3 Å². The summed E-state index contributed by atoms with van der Waals surface area (Å²) in [4.78, 5) is 16.1. The van der Waals surface area contributed by atoms with Gasteiger partial charge in [-0.3, -0.25) is 0 Å². The molecule has 4 rings (SSSR count). The quantitative estimate of drug-likeness (QED) is 0.269. The molecule has 0 radical (unpaired) electrons. The highest BCUT2D eigenvalue weighted by molar-refractivity contribution is 7.11. The highest BCUT2D eigenvalue weighted by Crippen LogP contribution is 2.34. The van der Waals surface area contributed by atoms with E-state index in [9.17, 15) is 23.2 Å². The molecule has 0 atom stereocenters. The lowest BCUT2D eigenvalue weighted by Gasteiger charge is -2.10. The van der Waals surface area contributed by atoms with E-state index in [0.717, 1.165) is 17.7 Å². The van der Waals surface area contributed by atoms with Crippen LogP contribution in [0.5, 0.6) is 0 Å². The van der Waals surface area contributed by atoms with Crippen molar-refractivity contribution in [2.75, 3.05) is 5.32 Å². The van der Waals surface area contributed by atoms with Gasteiger partial charge in [0.25, 0.3) is 0 Å². The Balaban J connectivity index is 1.60. The van der Waals surface area contributed by atoms with E-state index in [-0.39, 0.29) is 16.5 Å². The number of aromatic nitrogens is 1. The van der Waals surface area contributed by atoms with E-state index in [2.05, 4.69) is 23.3 Å². The monoisotopic (exact) mass is 467 g/mol. The van der Waals surface area contributed by atoms with E-state index in [1.54, 1.807) is 0 Å². The second-order valence-electron chi connectivity index (χ2n) is 7.09. The lowest BCUT2D eigenvalue weighted by Crippen LogP contribution is -2.11. The highest BCUT2D eigenvalue weighted by atomic mass is 32.1. The van der Waals surface area contributed by atoms with E-state index in [1.807, 2.05) is 29.6 Å². The van der Waals surface area contributed by atoms with Crippen LogP contribution in [0.4, 0.5) is 18.9 Å². The molecule has 2 aromatic carbocycles. The van der Waals surface area contributed by atoms with Gasteiger partial charge in [-0.25, -0.2) is 9.78 Å². The number of fused-ring (bicyclic) bond motifs is 1. The summed E-state index contributed by atoms with van der Waals surface area (Å²) >= 11 is 1.30. The molecule has 0 amide bonds. The van der Waals surface area contributed by atoms with Crippen molar-refractivity contribution in [2.24, 2.45) is 0 Å². The van der Waals surface area contributed by atoms with Gasteiger partial charge in [0.2, 0.25) is 0 Å². The fraction of sp³-hybridized carbons (Fsp3) is 0.125. The van der Waals surface area contributed by atoms with Crippen LogP contribution in [0.15, 0.2) is 69.3 Å². The van der Waals surface area contributed by atoms with Crippen LogP contribution >= 0.6 is 11.3 Å². The van der Waals surface area contributed by atoms with Crippen LogP contribution in [0, 0.1) is 11.3 Å². The molecule has 9 heteroatoms. The maximum absolute atomic E-state index is 13.2. The van der Waals surface area contributed by atoms with Crippen molar-refractivity contribution in [3.8, 4) is 17.3 Å². The Morgan fingerprint density at radius 3 is 2.64 bits per heavy atom. The Bertz CT molecular complexity index is 1450. The molecule has 1 N–H and O–H groups in total. The van der Waals surface area contributed by atoms with Crippen molar-refractivity contribution in [3.05, 3.63) is 86.7 Å². The normalized spacial score (nSPS) is 12.0. The summed E-state index contributed by atoms with van der Waals surface area (Å²) in [5.41, 5.74) is 1.13. The Hall–Kier alpha value is -3.90. The number of alkyl halides is 3. The number of aryl methyl sites for hydroxylation is 1. The predicted molar refractivity (Wildman–Crippen MR) is 122 cm³/mol. The third-order valence-electron chi connectivity index (χ3n) is 4.95. The molecule has 5 nitrogen and oxygen atoms in total. The molecule has 2 aromatic heterocycles. The van der Waals surface area contributed by atoms with Crippen LogP contribution in [0.3, 0.4) is 0 Å². The summed E-state index contributed by atoms with van der Waals surface area (Å²) in [5.74, 6) is 0. The molecule has 0 aliphatic heterocycles. The maximum Gasteiger partial charge on any atom is 0.417 e. The summed E-state index contributed by atoms with van der Waals surface area (Å²) in [6.07, 6.45) is -2.34. The van der Waals surface area contributed by atoms with Crippen molar-refractivity contribution < 1.29 is 17.6 Å². The molecule has 33 heavy (non-hydrogen) atoms. The van der Waals surface area contributed by atoms with Crippen molar-refractivity contribution in [1.29, 1.82) is 5.26 Å². The first-order chi connectivity index (χ1) is 15.8. The molecule has 2 heterocycles. The van der Waals surface area contributed by atoms with Gasteiger partial charge < -0.3 is 9.73 Å². The zero-order chi connectivity index (χ0) is 23.6. The number of nitrogens with zero attached hydrogens (tertiary/aromatic N) is 2. The molecule has 4 aromatic rings. The van der Waals surface area contributed by atoms with Gasteiger partial charge in [0.1, 0.15) is 22.2 Å². The number of benzene rings is 2. The number of allylic oxidation sites excluding steroid dienone is 1. The van der Waals surface area contributed by atoms with E-state index in [0.29, 0.717) is 16.8 Å². The second kappa shape index (κ2) is 8.92. The number of thiazole rings is 1. The molecule has 0 fully saturated rings. The number of hydrogen-bond acceptors (Lipinski definition) is 6. The van der Waals surface area contributed by atoms with Gasteiger partial charge in [-0.1, -0.05) is 31.2 Å². The zero-order valence-electron chi connectivity index (χ0n) is 17.2. The van der Waals surface area contributed by atoms with Gasteiger partial charge in [0.05, 0.1) is 11.3 Å². The van der Waals surface area contributed by atoms with Crippen LogP contribution in [-0.4, -0.2) is 4.98 Å². The first-order valence-corrected chi connectivity index (χ1v) is 10.7. The summed E-state index contributed by atoms with van der Waals surface area (Å²) in [6.45, 7) is 2.07. The topological polar surface area (TPSA) is 78.9 Å². The lowest BCUT2D eigenvalue weighted by molar-refractivity contribution is -0.136. The van der Waals surface area contributed by atoms with Crippen LogP contribution < -0.4 is 10.9 Å². The molecule has 166 valence electrons. The Labute approximate surface area is 190 Å². The average molecular weight is 467 g/mol. The number of anilines is 1. The maximum atomic E-state index is 13.2. The molecular formula is C24H16F3N3O2S. The van der Waals surface area contributed by atoms with Crippen molar-refractivity contribution in [1.82, 2.24) is 4.98 Å². The SMILES string of the molecule is CCc1ccc(-c2csc(C(C#N)=CNc3ccc4c(C(F)(F)F)cc(=O)oc4c3)n2)cc1. The lowest BCUT2D eigenvalue weighted by atomic mass is 10.1. The van der Waals surface area contributed by atoms with Crippen molar-refractivity contribution >= 4 is 33.6 Å². The summed E-state index contributed by atoms with van der Waals surface area (Å²) in [5, 5.41) is 14.5. The number of nitrogens with one attached hydrogen (secondary N) is 1. The molecule has 0 unspecified atom stereocenters. The molecule has 0 saturated heterocycles. The summed E-state index contributed by atoms with van der Waals surface area (Å²) in [7, 11) is 0. The average Bonchev–Trinajstić information content (AvgIpc) is 3.28. The van der Waals surface area contributed by atoms with E-state index in [4.69, 9.17) is 4.42 Å². The van der Waals surface area contributed by atoms with Crippen LogP contribution in [0.25, 0.3) is 27.8 Å². The Kier molecular flexibility index (Phi) is 6.03. The van der Waals surface area contributed by atoms with Gasteiger partial charge in [0, 0.05) is 40.3 Å². The third-order valence-corrected chi connectivity index (χ3v) is 5.82. The summed E-state index contributed by atoms with van der Waals surface area (Å²) < 4.78 is 44.5. The number of rotatable bonds is 5. The second-order valence-corrected chi connectivity index (χ2v) is 7.95. The first kappa shape index (κ1) is 22.3. The van der Waals surface area contributed by atoms with Crippen LogP contribution in [-0.2, 0) is 12.6 Å². The molecule has 0 spiro atoms. The molecule has 0 aliphatic carbocycles. The van der Waals surface area contributed by atoms with E-state index < -0.39 is 17.4 Å². The zero-order valence-corrected chi connectivity index (χ0v) is 18.1. The number of hydrogen-bond donors (Lipinski definition) is 1. The van der Waals surface area contributed by atoms with E-state index in [1.165, 1.54) is 41.3 Å². The number of halogens is 3. The molecule has 0 bridgehead atoms. The minimum Gasteiger partial charge on any atom is -0.423 e. The summed E-state index contributed by atoms with van der Waals surface area (Å²) in [6, 6.07) is 14.4. The highest BCUT2D eigenvalue weighted by Gasteiger charge is 2.33.